The molecule has 0 aromatic carbocycles. The highest BCUT2D eigenvalue weighted by molar-refractivity contribution is 5.41. The summed E-state index contributed by atoms with van der Waals surface area (Å²) in [6.45, 7) is 18.5. The average Bonchev–Trinajstić information content (AvgIpc) is 3.02. The first-order chi connectivity index (χ1) is 14.0. The summed E-state index contributed by atoms with van der Waals surface area (Å²) in [6.07, 6.45) is 16.3. The Morgan fingerprint density at radius 1 is 1.07 bits per heavy atom. The van der Waals surface area contributed by atoms with E-state index in [1.165, 1.54) is 56.1 Å². The van der Waals surface area contributed by atoms with Crippen LogP contribution in [0.4, 0.5) is 0 Å². The van der Waals surface area contributed by atoms with Gasteiger partial charge in [-0.2, -0.15) is 0 Å². The molecule has 3 saturated carbocycles. The molecule has 0 aromatic rings. The Balaban J connectivity index is 1.59. The molecule has 4 aliphatic rings. The second-order valence-corrected chi connectivity index (χ2v) is 12.6. The Hall–Kier alpha value is -0.820. The fourth-order valence-electron chi connectivity index (χ4n) is 8.61. The quantitative estimate of drug-likeness (QED) is 0.457. The van der Waals surface area contributed by atoms with Gasteiger partial charge in [0, 0.05) is 5.41 Å². The molecule has 168 valence electrons. The van der Waals surface area contributed by atoms with Gasteiger partial charge in [0.1, 0.15) is 0 Å². The van der Waals surface area contributed by atoms with Crippen LogP contribution in [0.15, 0.2) is 35.5 Å². The van der Waals surface area contributed by atoms with Crippen LogP contribution in [-0.2, 0) is 0 Å². The number of aliphatic hydroxyl groups excluding tert-OH is 1. The highest BCUT2D eigenvalue weighted by Crippen LogP contribution is 2.67. The van der Waals surface area contributed by atoms with Crippen LogP contribution in [0.2, 0.25) is 0 Å². The fraction of sp³-hybridized carbons (Fsp3) is 0.793. The van der Waals surface area contributed by atoms with Gasteiger partial charge in [-0.25, -0.2) is 0 Å². The summed E-state index contributed by atoms with van der Waals surface area (Å²) in [4.78, 5) is 0. The van der Waals surface area contributed by atoms with E-state index in [-0.39, 0.29) is 16.9 Å². The molecule has 1 heteroatoms. The van der Waals surface area contributed by atoms with Crippen molar-refractivity contribution >= 4 is 0 Å². The van der Waals surface area contributed by atoms with Gasteiger partial charge in [-0.1, -0.05) is 69.9 Å². The van der Waals surface area contributed by atoms with Crippen molar-refractivity contribution in [3.05, 3.63) is 35.5 Å². The van der Waals surface area contributed by atoms with Crippen LogP contribution < -0.4 is 0 Å². The molecular formula is C29H46O. The zero-order chi connectivity index (χ0) is 21.9. The van der Waals surface area contributed by atoms with Gasteiger partial charge in [-0.05, 0) is 92.8 Å². The molecule has 0 aliphatic heterocycles. The molecule has 0 unspecified atom stereocenters. The fourth-order valence-corrected chi connectivity index (χ4v) is 8.61. The summed E-state index contributed by atoms with van der Waals surface area (Å²) < 4.78 is 0. The standard InChI is InChI=1S/C29H46O/c1-19(2)9-8-10-20(3)22-12-13-23-21-11-14-25-27(4,5)26(30)16-18-29(25,7)24(21)15-17-28(22,23)6/h11,14,20,22-24,26,30H,1,8-10,12-13,15-18H2,2-7H3/t20-,22-,23+,24+,26+,28-,29-/m1/s1. The van der Waals surface area contributed by atoms with E-state index in [4.69, 9.17) is 0 Å². The molecule has 0 aromatic heterocycles. The number of rotatable bonds is 5. The molecule has 0 heterocycles. The molecule has 0 amide bonds. The molecule has 1 nitrogen and oxygen atoms in total. The lowest BCUT2D eigenvalue weighted by molar-refractivity contribution is -0.0173. The predicted octanol–water partition coefficient (Wildman–Crippen LogP) is 7.87. The van der Waals surface area contributed by atoms with E-state index in [9.17, 15) is 5.11 Å². The maximum atomic E-state index is 10.7. The molecule has 0 spiro atoms. The number of aliphatic hydroxyl groups is 1. The van der Waals surface area contributed by atoms with E-state index >= 15 is 0 Å². The molecule has 3 fully saturated rings. The maximum Gasteiger partial charge on any atom is 0.0628 e. The third-order valence-corrected chi connectivity index (χ3v) is 10.4. The van der Waals surface area contributed by atoms with E-state index in [2.05, 4.69) is 60.3 Å². The van der Waals surface area contributed by atoms with Crippen LogP contribution >= 0.6 is 0 Å². The van der Waals surface area contributed by atoms with Crippen molar-refractivity contribution in [3.8, 4) is 0 Å². The first kappa shape index (κ1) is 22.4. The van der Waals surface area contributed by atoms with Crippen molar-refractivity contribution in [2.75, 3.05) is 0 Å². The van der Waals surface area contributed by atoms with E-state index in [1.54, 1.807) is 5.57 Å². The highest BCUT2D eigenvalue weighted by atomic mass is 16.3. The van der Waals surface area contributed by atoms with Gasteiger partial charge < -0.3 is 5.11 Å². The zero-order valence-corrected chi connectivity index (χ0v) is 20.6. The van der Waals surface area contributed by atoms with E-state index in [0.29, 0.717) is 11.3 Å². The molecule has 7 atom stereocenters. The topological polar surface area (TPSA) is 20.2 Å². The largest absolute Gasteiger partial charge is 0.392 e. The van der Waals surface area contributed by atoms with Crippen LogP contribution in [0.5, 0.6) is 0 Å². The number of hydrogen-bond acceptors (Lipinski definition) is 1. The van der Waals surface area contributed by atoms with E-state index in [0.717, 1.165) is 30.6 Å². The number of hydrogen-bond donors (Lipinski definition) is 1. The van der Waals surface area contributed by atoms with Crippen molar-refractivity contribution < 1.29 is 5.11 Å². The van der Waals surface area contributed by atoms with Crippen LogP contribution in [0, 0.1) is 39.9 Å². The molecule has 0 saturated heterocycles. The van der Waals surface area contributed by atoms with Crippen LogP contribution in [0.3, 0.4) is 0 Å². The minimum Gasteiger partial charge on any atom is -0.392 e. The van der Waals surface area contributed by atoms with Gasteiger partial charge >= 0.3 is 0 Å². The Morgan fingerprint density at radius 3 is 2.50 bits per heavy atom. The summed E-state index contributed by atoms with van der Waals surface area (Å²) >= 11 is 0. The average molecular weight is 411 g/mol. The van der Waals surface area contributed by atoms with Gasteiger partial charge in [0.2, 0.25) is 0 Å². The summed E-state index contributed by atoms with van der Waals surface area (Å²) in [7, 11) is 0. The van der Waals surface area contributed by atoms with Gasteiger partial charge in [0.15, 0.2) is 0 Å². The predicted molar refractivity (Wildman–Crippen MR) is 128 cm³/mol. The smallest absolute Gasteiger partial charge is 0.0628 e. The maximum absolute atomic E-state index is 10.7. The van der Waals surface area contributed by atoms with Crippen molar-refractivity contribution in [2.24, 2.45) is 39.9 Å². The lowest BCUT2D eigenvalue weighted by Crippen LogP contribution is -2.51. The van der Waals surface area contributed by atoms with Crippen LogP contribution in [0.25, 0.3) is 0 Å². The van der Waals surface area contributed by atoms with Gasteiger partial charge in [-0.3, -0.25) is 0 Å². The summed E-state index contributed by atoms with van der Waals surface area (Å²) in [5.74, 6) is 3.16. The molecule has 4 rings (SSSR count). The monoisotopic (exact) mass is 410 g/mol. The second kappa shape index (κ2) is 7.65. The Morgan fingerprint density at radius 2 is 1.80 bits per heavy atom. The van der Waals surface area contributed by atoms with Gasteiger partial charge in [-0.15, -0.1) is 6.58 Å². The Bertz CT molecular complexity index is 754. The van der Waals surface area contributed by atoms with E-state index in [1.807, 2.05) is 0 Å². The first-order valence-electron chi connectivity index (χ1n) is 12.8. The van der Waals surface area contributed by atoms with Crippen molar-refractivity contribution in [1.82, 2.24) is 0 Å². The second-order valence-electron chi connectivity index (χ2n) is 12.6. The van der Waals surface area contributed by atoms with Crippen molar-refractivity contribution in [3.63, 3.8) is 0 Å². The zero-order valence-electron chi connectivity index (χ0n) is 20.6. The Kier molecular flexibility index (Phi) is 5.70. The van der Waals surface area contributed by atoms with Crippen LogP contribution in [-0.4, -0.2) is 11.2 Å². The van der Waals surface area contributed by atoms with E-state index < -0.39 is 0 Å². The summed E-state index contributed by atoms with van der Waals surface area (Å²) in [5.41, 5.74) is 5.27. The number of fused-ring (bicyclic) bond motifs is 5. The summed E-state index contributed by atoms with van der Waals surface area (Å²) in [6, 6.07) is 0. The number of allylic oxidation sites excluding steroid dienone is 4. The molecule has 0 radical (unpaired) electrons. The normalized spacial score (nSPS) is 43.0. The minimum absolute atomic E-state index is 0.0915. The first-order valence-corrected chi connectivity index (χ1v) is 12.8. The third kappa shape index (κ3) is 3.30. The highest BCUT2D eigenvalue weighted by Gasteiger charge is 2.59. The van der Waals surface area contributed by atoms with Crippen molar-refractivity contribution in [2.45, 2.75) is 105 Å². The van der Waals surface area contributed by atoms with Crippen LogP contribution in [0.1, 0.15) is 99.3 Å². The molecule has 1 N–H and O–H groups in total. The lowest BCUT2D eigenvalue weighted by atomic mass is 9.47. The minimum atomic E-state index is -0.198. The Labute approximate surface area is 186 Å². The molecular weight excluding hydrogens is 364 g/mol. The van der Waals surface area contributed by atoms with Crippen molar-refractivity contribution in [1.29, 1.82) is 0 Å². The SMILES string of the molecule is C=C(C)CCC[C@@H](C)[C@H]1CC[C@H]2C3=CC=C4C(C)(C)[C@@H](O)CC[C@]4(C)[C@H]3CC[C@]12C. The van der Waals surface area contributed by atoms with Gasteiger partial charge in [0.25, 0.3) is 0 Å². The van der Waals surface area contributed by atoms with Gasteiger partial charge in [0.05, 0.1) is 6.10 Å². The third-order valence-electron chi connectivity index (χ3n) is 10.4. The lowest BCUT2D eigenvalue weighted by Gasteiger charge is -2.58. The molecule has 0 bridgehead atoms. The summed E-state index contributed by atoms with van der Waals surface area (Å²) in [5, 5.41) is 10.7. The molecule has 4 aliphatic carbocycles. The molecule has 30 heavy (non-hydrogen) atoms.